The lowest BCUT2D eigenvalue weighted by atomic mass is 9.68. The van der Waals surface area contributed by atoms with Gasteiger partial charge in [0.05, 0.1) is 0 Å². The van der Waals surface area contributed by atoms with Crippen molar-refractivity contribution in [3.63, 3.8) is 0 Å². The van der Waals surface area contributed by atoms with Gasteiger partial charge in [-0.3, -0.25) is 4.79 Å². The number of nitrogens with two attached hydrogens (primary N) is 1. The molecule has 1 atom stereocenters. The summed E-state index contributed by atoms with van der Waals surface area (Å²) in [6, 6.07) is 14.6. The second kappa shape index (κ2) is 10.0. The number of alkyl halides is 3. The highest BCUT2D eigenvalue weighted by molar-refractivity contribution is 7.87. The Kier molecular flexibility index (Phi) is 7.46. The Morgan fingerprint density at radius 1 is 1.03 bits per heavy atom. The monoisotopic (exact) mass is 539 g/mol. The van der Waals surface area contributed by atoms with Gasteiger partial charge in [-0.25, -0.2) is 9.86 Å². The maximum atomic E-state index is 13.5. The zero-order chi connectivity index (χ0) is 27.1. The lowest BCUT2D eigenvalue weighted by molar-refractivity contribution is -0.258. The van der Waals surface area contributed by atoms with Gasteiger partial charge in [-0.2, -0.15) is 21.6 Å². The number of carbonyl (C=O) groups excluding carboxylic acids is 1. The van der Waals surface area contributed by atoms with Gasteiger partial charge in [0, 0.05) is 29.6 Å². The first kappa shape index (κ1) is 27.6. The fraction of sp³-hybridized carbons (Fsp3) is 0.500. The molecule has 2 aromatic rings. The van der Waals surface area contributed by atoms with E-state index in [1.807, 2.05) is 35.2 Å². The van der Waals surface area contributed by atoms with Gasteiger partial charge in [-0.1, -0.05) is 42.5 Å². The van der Waals surface area contributed by atoms with Crippen molar-refractivity contribution in [2.45, 2.75) is 74.7 Å². The van der Waals surface area contributed by atoms with Crippen LogP contribution < -0.4 is 9.86 Å². The van der Waals surface area contributed by atoms with Crippen LogP contribution in [0.1, 0.15) is 66.9 Å². The van der Waals surface area contributed by atoms with Crippen molar-refractivity contribution in [3.8, 4) is 0 Å². The van der Waals surface area contributed by atoms with E-state index in [9.17, 15) is 31.5 Å². The molecule has 202 valence electrons. The Hall–Kier alpha value is -2.47. The van der Waals surface area contributed by atoms with E-state index in [0.29, 0.717) is 32.6 Å². The third kappa shape index (κ3) is 6.00. The third-order valence-electron chi connectivity index (χ3n) is 7.72. The molecule has 2 aliphatic rings. The molecule has 0 aromatic heterocycles. The number of nitrogens with zero attached hydrogens (tertiary/aromatic N) is 1. The molecule has 0 spiro atoms. The minimum absolute atomic E-state index is 0.0715. The van der Waals surface area contributed by atoms with E-state index in [0.717, 1.165) is 30.5 Å². The fourth-order valence-electron chi connectivity index (χ4n) is 5.26. The summed E-state index contributed by atoms with van der Waals surface area (Å²) < 4.78 is 65.3. The molecule has 4 rings (SSSR count). The van der Waals surface area contributed by atoms with E-state index in [-0.39, 0.29) is 35.7 Å². The van der Waals surface area contributed by atoms with Crippen LogP contribution in [-0.2, 0) is 21.2 Å². The highest BCUT2D eigenvalue weighted by Gasteiger charge is 2.51. The van der Waals surface area contributed by atoms with Crippen LogP contribution in [0.3, 0.4) is 0 Å². The van der Waals surface area contributed by atoms with E-state index in [2.05, 4.69) is 4.72 Å². The van der Waals surface area contributed by atoms with E-state index in [1.165, 1.54) is 12.1 Å². The van der Waals surface area contributed by atoms with Crippen LogP contribution in [0.2, 0.25) is 0 Å². The highest BCUT2D eigenvalue weighted by atomic mass is 32.2. The molecular weight excluding hydrogens is 507 g/mol. The zero-order valence-electron chi connectivity index (χ0n) is 20.5. The molecule has 2 fully saturated rings. The number of nitrogens with one attached hydrogen (secondary N) is 1. The SMILES string of the molecule is C[C@](O)(c1ccc(C(=O)N(C2CC2)[C@H]2CC[C@](CNS(N)(=O)=O)(c3ccccc3)CC2)cc1)C(F)(F)F. The maximum absolute atomic E-state index is 13.5. The van der Waals surface area contributed by atoms with E-state index < -0.39 is 27.4 Å². The number of carbonyl (C=O) groups is 1. The minimum atomic E-state index is -4.84. The van der Waals surface area contributed by atoms with Crippen LogP contribution in [0.4, 0.5) is 13.2 Å². The Morgan fingerprint density at radius 2 is 1.57 bits per heavy atom. The summed E-state index contributed by atoms with van der Waals surface area (Å²) in [5.74, 6) is -0.249. The van der Waals surface area contributed by atoms with Crippen molar-refractivity contribution in [3.05, 3.63) is 71.3 Å². The molecule has 1 amide bonds. The summed E-state index contributed by atoms with van der Waals surface area (Å²) in [7, 11) is -3.88. The Balaban J connectivity index is 1.52. The highest BCUT2D eigenvalue weighted by Crippen LogP contribution is 2.43. The van der Waals surface area contributed by atoms with Crippen molar-refractivity contribution in [1.29, 1.82) is 0 Å². The zero-order valence-corrected chi connectivity index (χ0v) is 21.4. The number of hydrogen-bond donors (Lipinski definition) is 3. The summed E-state index contributed by atoms with van der Waals surface area (Å²) >= 11 is 0. The Morgan fingerprint density at radius 3 is 2.05 bits per heavy atom. The largest absolute Gasteiger partial charge is 0.421 e. The average Bonchev–Trinajstić information content (AvgIpc) is 3.68. The molecule has 0 heterocycles. The van der Waals surface area contributed by atoms with E-state index in [4.69, 9.17) is 5.14 Å². The normalized spacial score (nSPS) is 24.3. The number of benzene rings is 2. The predicted molar refractivity (Wildman–Crippen MR) is 133 cm³/mol. The number of amides is 1. The maximum Gasteiger partial charge on any atom is 0.421 e. The topological polar surface area (TPSA) is 113 Å². The molecule has 2 saturated carbocycles. The fourth-order valence-corrected chi connectivity index (χ4v) is 5.74. The van der Waals surface area contributed by atoms with Gasteiger partial charge in [-0.15, -0.1) is 0 Å². The molecule has 0 aliphatic heterocycles. The first-order valence-corrected chi connectivity index (χ1v) is 13.8. The van der Waals surface area contributed by atoms with Gasteiger partial charge in [0.2, 0.25) is 0 Å². The van der Waals surface area contributed by atoms with E-state index >= 15 is 0 Å². The molecule has 2 aliphatic carbocycles. The molecular formula is C26H32F3N3O4S. The lowest BCUT2D eigenvalue weighted by Gasteiger charge is -2.44. The van der Waals surface area contributed by atoms with Gasteiger partial charge in [-0.05, 0) is 68.7 Å². The summed E-state index contributed by atoms with van der Waals surface area (Å²) in [4.78, 5) is 15.4. The van der Waals surface area contributed by atoms with Crippen molar-refractivity contribution >= 4 is 16.1 Å². The predicted octanol–water partition coefficient (Wildman–Crippen LogP) is 3.73. The third-order valence-corrected chi connectivity index (χ3v) is 8.27. The van der Waals surface area contributed by atoms with Crippen LogP contribution in [0.15, 0.2) is 54.6 Å². The Bertz CT molecular complexity index is 1210. The smallest absolute Gasteiger partial charge is 0.376 e. The van der Waals surface area contributed by atoms with Crippen molar-refractivity contribution < 1.29 is 31.5 Å². The van der Waals surface area contributed by atoms with Crippen molar-refractivity contribution in [2.24, 2.45) is 5.14 Å². The van der Waals surface area contributed by atoms with Gasteiger partial charge >= 0.3 is 6.18 Å². The standard InChI is InChI=1S/C26H32F3N3O4S/c1-24(34,26(27,28)29)19-9-7-18(8-10-19)23(33)32(21-11-12-21)22-13-15-25(16-14-22,17-31-37(30,35)36)20-5-3-2-4-6-20/h2-10,21-22,31,34H,11-17H2,1H3,(H2,30,35,36)/t22-,24-,25-/m0/s1. The number of aliphatic hydroxyl groups is 1. The summed E-state index contributed by atoms with van der Waals surface area (Å²) in [5, 5.41) is 15.1. The first-order chi connectivity index (χ1) is 17.2. The number of rotatable bonds is 8. The quantitative estimate of drug-likeness (QED) is 0.475. The number of hydrogen-bond acceptors (Lipinski definition) is 4. The molecule has 0 saturated heterocycles. The summed E-state index contributed by atoms with van der Waals surface area (Å²) in [6.45, 7) is 0.840. The molecule has 37 heavy (non-hydrogen) atoms. The second-order valence-electron chi connectivity index (χ2n) is 10.3. The van der Waals surface area contributed by atoms with E-state index in [1.54, 1.807) is 0 Å². The van der Waals surface area contributed by atoms with Gasteiger partial charge in [0.15, 0.2) is 5.60 Å². The lowest BCUT2D eigenvalue weighted by Crippen LogP contribution is -2.50. The van der Waals surface area contributed by atoms with Crippen LogP contribution in [0.25, 0.3) is 0 Å². The van der Waals surface area contributed by atoms with Crippen LogP contribution in [0.5, 0.6) is 0 Å². The van der Waals surface area contributed by atoms with Gasteiger partial charge < -0.3 is 10.0 Å². The molecule has 0 unspecified atom stereocenters. The number of halogens is 3. The molecule has 0 radical (unpaired) electrons. The first-order valence-electron chi connectivity index (χ1n) is 12.3. The molecule has 7 nitrogen and oxygen atoms in total. The minimum Gasteiger partial charge on any atom is -0.376 e. The molecule has 4 N–H and O–H groups in total. The second-order valence-corrected chi connectivity index (χ2v) is 11.7. The van der Waals surface area contributed by atoms with Crippen molar-refractivity contribution in [1.82, 2.24) is 9.62 Å². The van der Waals surface area contributed by atoms with Crippen molar-refractivity contribution in [2.75, 3.05) is 6.54 Å². The summed E-state index contributed by atoms with van der Waals surface area (Å²) in [6.07, 6.45) is -0.569. The van der Waals surface area contributed by atoms with Crippen LogP contribution in [0, 0.1) is 0 Å². The molecule has 11 heteroatoms. The Labute approximate surface area is 215 Å². The van der Waals surface area contributed by atoms with Crippen LogP contribution >= 0.6 is 0 Å². The molecule has 2 aromatic carbocycles. The molecule has 0 bridgehead atoms. The average molecular weight is 540 g/mol. The van der Waals surface area contributed by atoms with Gasteiger partial charge in [0.1, 0.15) is 0 Å². The van der Waals surface area contributed by atoms with Gasteiger partial charge in [0.25, 0.3) is 16.1 Å². The van der Waals surface area contributed by atoms with Crippen LogP contribution in [-0.4, -0.2) is 49.1 Å². The summed E-state index contributed by atoms with van der Waals surface area (Å²) in [5.41, 5.74) is -2.54.